The van der Waals surface area contributed by atoms with Crippen molar-refractivity contribution < 1.29 is 14.7 Å². The molecular formula is C10H17N3O3S. The van der Waals surface area contributed by atoms with Crippen molar-refractivity contribution in [2.75, 3.05) is 19.6 Å². The molecule has 1 fully saturated rings. The van der Waals surface area contributed by atoms with Gasteiger partial charge in [-0.2, -0.15) is 0 Å². The van der Waals surface area contributed by atoms with Crippen molar-refractivity contribution in [1.82, 2.24) is 10.2 Å². The lowest BCUT2D eigenvalue weighted by Crippen LogP contribution is -2.50. The molecule has 0 aliphatic carbocycles. The molecule has 0 aromatic rings. The average molecular weight is 259 g/mol. The lowest BCUT2D eigenvalue weighted by atomic mass is 9.97. The van der Waals surface area contributed by atoms with Gasteiger partial charge in [0.15, 0.2) is 0 Å². The molecule has 1 aliphatic heterocycles. The lowest BCUT2D eigenvalue weighted by Gasteiger charge is -2.33. The highest BCUT2D eigenvalue weighted by molar-refractivity contribution is 7.80. The minimum Gasteiger partial charge on any atom is -0.393 e. The Balaban J connectivity index is 2.47. The topological polar surface area (TPSA) is 95.7 Å². The summed E-state index contributed by atoms with van der Waals surface area (Å²) in [6.07, 6.45) is 0.0916. The number of nitrogens with zero attached hydrogens (tertiary/aromatic N) is 1. The van der Waals surface area contributed by atoms with Gasteiger partial charge in [0.2, 0.25) is 0 Å². The summed E-state index contributed by atoms with van der Waals surface area (Å²) in [6.45, 7) is 2.65. The lowest BCUT2D eigenvalue weighted by molar-refractivity contribution is -0.148. The molecule has 2 amide bonds. The molecule has 17 heavy (non-hydrogen) atoms. The number of carbonyl (C=O) groups is 2. The van der Waals surface area contributed by atoms with Crippen molar-refractivity contribution >= 4 is 29.0 Å². The third-order valence-electron chi connectivity index (χ3n) is 2.76. The molecule has 0 saturated carbocycles. The third kappa shape index (κ3) is 3.94. The number of carbonyl (C=O) groups excluding carboxylic acids is 2. The zero-order chi connectivity index (χ0) is 13.0. The van der Waals surface area contributed by atoms with E-state index in [1.807, 2.05) is 6.92 Å². The number of thiocarbonyl (C=S) groups is 1. The molecule has 2 unspecified atom stereocenters. The van der Waals surface area contributed by atoms with Crippen molar-refractivity contribution in [3.63, 3.8) is 0 Å². The highest BCUT2D eigenvalue weighted by Crippen LogP contribution is 2.16. The summed E-state index contributed by atoms with van der Waals surface area (Å²) in [4.78, 5) is 24.7. The van der Waals surface area contributed by atoms with E-state index in [1.165, 1.54) is 4.90 Å². The first-order valence-electron chi connectivity index (χ1n) is 5.45. The van der Waals surface area contributed by atoms with E-state index in [9.17, 15) is 14.7 Å². The Morgan fingerprint density at radius 1 is 1.59 bits per heavy atom. The molecule has 96 valence electrons. The van der Waals surface area contributed by atoms with Gasteiger partial charge in [0.1, 0.15) is 0 Å². The number of amides is 2. The van der Waals surface area contributed by atoms with Gasteiger partial charge >= 0.3 is 11.8 Å². The maximum Gasteiger partial charge on any atom is 0.311 e. The predicted molar refractivity (Wildman–Crippen MR) is 66.2 cm³/mol. The Hall–Kier alpha value is -1.21. The van der Waals surface area contributed by atoms with Crippen LogP contribution in [0.15, 0.2) is 0 Å². The molecule has 0 bridgehead atoms. The van der Waals surface area contributed by atoms with Gasteiger partial charge in [0.05, 0.1) is 17.6 Å². The van der Waals surface area contributed by atoms with E-state index in [2.05, 4.69) is 17.5 Å². The van der Waals surface area contributed by atoms with E-state index >= 15 is 0 Å². The van der Waals surface area contributed by atoms with Crippen molar-refractivity contribution in [3.8, 4) is 0 Å². The second kappa shape index (κ2) is 5.92. The summed E-state index contributed by atoms with van der Waals surface area (Å²) in [7, 11) is 0. The molecule has 1 saturated heterocycles. The number of piperidine rings is 1. The summed E-state index contributed by atoms with van der Waals surface area (Å²) in [5, 5.41) is 11.9. The molecule has 1 heterocycles. The number of nitrogens with two attached hydrogens (primary N) is 1. The average Bonchev–Trinajstić information content (AvgIpc) is 2.28. The molecule has 0 radical (unpaired) electrons. The van der Waals surface area contributed by atoms with Crippen LogP contribution in [0, 0.1) is 5.92 Å². The second-order valence-electron chi connectivity index (χ2n) is 4.23. The number of likely N-dealkylation sites (tertiary alicyclic amines) is 1. The first-order valence-corrected chi connectivity index (χ1v) is 5.86. The number of hydrogen-bond acceptors (Lipinski definition) is 4. The van der Waals surface area contributed by atoms with Gasteiger partial charge in [-0.1, -0.05) is 19.1 Å². The highest BCUT2D eigenvalue weighted by atomic mass is 32.1. The van der Waals surface area contributed by atoms with Crippen LogP contribution in [0.1, 0.15) is 13.3 Å². The van der Waals surface area contributed by atoms with E-state index in [1.54, 1.807) is 0 Å². The van der Waals surface area contributed by atoms with Crippen LogP contribution in [0.3, 0.4) is 0 Å². The van der Waals surface area contributed by atoms with E-state index in [4.69, 9.17) is 5.73 Å². The van der Waals surface area contributed by atoms with Crippen molar-refractivity contribution in [3.05, 3.63) is 0 Å². The Morgan fingerprint density at radius 2 is 2.24 bits per heavy atom. The molecule has 0 spiro atoms. The molecule has 0 aromatic carbocycles. The number of aliphatic hydroxyl groups is 1. The molecule has 7 heteroatoms. The summed E-state index contributed by atoms with van der Waals surface area (Å²) in [5.74, 6) is -1.32. The van der Waals surface area contributed by atoms with Crippen LogP contribution in [-0.4, -0.2) is 52.5 Å². The van der Waals surface area contributed by atoms with Gasteiger partial charge in [0, 0.05) is 13.1 Å². The first kappa shape index (κ1) is 13.9. The minimum atomic E-state index is -0.707. The minimum absolute atomic E-state index is 0.0175. The van der Waals surface area contributed by atoms with Crippen LogP contribution in [0.4, 0.5) is 0 Å². The monoisotopic (exact) mass is 259 g/mol. The number of aliphatic hydroxyl groups excluding tert-OH is 1. The molecular weight excluding hydrogens is 242 g/mol. The quantitative estimate of drug-likeness (QED) is 0.419. The fourth-order valence-corrected chi connectivity index (χ4v) is 1.78. The summed E-state index contributed by atoms with van der Waals surface area (Å²) in [6, 6.07) is 0. The summed E-state index contributed by atoms with van der Waals surface area (Å²) >= 11 is 4.60. The highest BCUT2D eigenvalue weighted by Gasteiger charge is 2.30. The van der Waals surface area contributed by atoms with Crippen LogP contribution >= 0.6 is 12.2 Å². The molecule has 2 atom stereocenters. The number of hydrogen-bond donors (Lipinski definition) is 3. The fraction of sp³-hybridized carbons (Fsp3) is 0.700. The molecule has 1 rings (SSSR count). The first-order chi connectivity index (χ1) is 7.91. The predicted octanol–water partition coefficient (Wildman–Crippen LogP) is -1.38. The Morgan fingerprint density at radius 3 is 2.76 bits per heavy atom. The standard InChI is InChI=1S/C10H17N3O3S/c1-6-5-13(3-2-7(6)14)10(16)9(15)12-4-8(11)17/h6-7,14H,2-5H2,1H3,(H2,11,17)(H,12,15). The van der Waals surface area contributed by atoms with Crippen LogP contribution in [0.5, 0.6) is 0 Å². The summed E-state index contributed by atoms with van der Waals surface area (Å²) < 4.78 is 0. The van der Waals surface area contributed by atoms with Gasteiger partial charge in [-0.15, -0.1) is 0 Å². The van der Waals surface area contributed by atoms with Crippen LogP contribution in [-0.2, 0) is 9.59 Å². The molecule has 4 N–H and O–H groups in total. The van der Waals surface area contributed by atoms with E-state index < -0.39 is 17.9 Å². The number of rotatable bonds is 2. The van der Waals surface area contributed by atoms with Crippen molar-refractivity contribution in [2.24, 2.45) is 11.7 Å². The SMILES string of the molecule is CC1CN(C(=O)C(=O)NCC(N)=S)CCC1O. The molecule has 0 aromatic heterocycles. The Kier molecular flexibility index (Phi) is 4.83. The zero-order valence-electron chi connectivity index (χ0n) is 9.68. The smallest absolute Gasteiger partial charge is 0.311 e. The van der Waals surface area contributed by atoms with Crippen LogP contribution in [0.25, 0.3) is 0 Å². The largest absolute Gasteiger partial charge is 0.393 e. The van der Waals surface area contributed by atoms with Gasteiger partial charge in [0.25, 0.3) is 0 Å². The maximum atomic E-state index is 11.7. The number of nitrogens with one attached hydrogen (secondary N) is 1. The van der Waals surface area contributed by atoms with E-state index in [0.29, 0.717) is 19.5 Å². The van der Waals surface area contributed by atoms with Crippen LogP contribution in [0.2, 0.25) is 0 Å². The van der Waals surface area contributed by atoms with E-state index in [-0.39, 0.29) is 17.5 Å². The normalized spacial score (nSPS) is 24.2. The van der Waals surface area contributed by atoms with Crippen molar-refractivity contribution in [2.45, 2.75) is 19.4 Å². The third-order valence-corrected chi connectivity index (χ3v) is 2.91. The molecule has 1 aliphatic rings. The maximum absolute atomic E-state index is 11.7. The van der Waals surface area contributed by atoms with Gasteiger partial charge in [-0.25, -0.2) is 0 Å². The van der Waals surface area contributed by atoms with Crippen molar-refractivity contribution in [1.29, 1.82) is 0 Å². The zero-order valence-corrected chi connectivity index (χ0v) is 10.5. The van der Waals surface area contributed by atoms with E-state index in [0.717, 1.165) is 0 Å². The van der Waals surface area contributed by atoms with Gasteiger partial charge < -0.3 is 21.1 Å². The fourth-order valence-electron chi connectivity index (χ4n) is 1.70. The van der Waals surface area contributed by atoms with Crippen LogP contribution < -0.4 is 11.1 Å². The molecule has 6 nitrogen and oxygen atoms in total. The Bertz CT molecular complexity index is 335. The second-order valence-corrected chi connectivity index (χ2v) is 4.76. The summed E-state index contributed by atoms with van der Waals surface area (Å²) in [5.41, 5.74) is 5.22. The Labute approximate surface area is 105 Å². The van der Waals surface area contributed by atoms with Gasteiger partial charge in [-0.3, -0.25) is 9.59 Å². The van der Waals surface area contributed by atoms with Gasteiger partial charge in [-0.05, 0) is 12.3 Å².